The minimum absolute atomic E-state index is 0.153. The highest BCUT2D eigenvalue weighted by Gasteiger charge is 2.18. The average molecular weight is 288 g/mol. The number of carboxylic acid groups (broad SMARTS) is 1. The Bertz CT molecular complexity index is 644. The van der Waals surface area contributed by atoms with Gasteiger partial charge >= 0.3 is 5.97 Å². The summed E-state index contributed by atoms with van der Waals surface area (Å²) in [5.74, 6) is -0.991. The zero-order valence-electron chi connectivity index (χ0n) is 10.8. The number of nitrogens with zero attached hydrogens (tertiary/aromatic N) is 1. The van der Waals surface area contributed by atoms with E-state index in [2.05, 4.69) is 29.2 Å². The first-order valence-electron chi connectivity index (χ1n) is 6.44. The van der Waals surface area contributed by atoms with Gasteiger partial charge in [-0.05, 0) is 28.8 Å². The van der Waals surface area contributed by atoms with Gasteiger partial charge in [0.2, 0.25) is 0 Å². The first kappa shape index (κ1) is 13.2. The third-order valence-corrected chi connectivity index (χ3v) is 3.89. The van der Waals surface area contributed by atoms with Gasteiger partial charge in [0.05, 0.1) is 10.6 Å². The molecule has 3 rings (SSSR count). The Balaban J connectivity index is 1.74. The lowest BCUT2D eigenvalue weighted by atomic mass is 10.1. The van der Waals surface area contributed by atoms with E-state index in [-0.39, 0.29) is 5.56 Å². The van der Waals surface area contributed by atoms with Gasteiger partial charge in [0, 0.05) is 19.6 Å². The van der Waals surface area contributed by atoms with Crippen LogP contribution in [0.15, 0.2) is 42.5 Å². The quantitative estimate of drug-likeness (QED) is 0.938. The van der Waals surface area contributed by atoms with Crippen LogP contribution in [0.25, 0.3) is 0 Å². The van der Waals surface area contributed by atoms with E-state index in [1.54, 1.807) is 12.1 Å². The van der Waals surface area contributed by atoms with Crippen molar-refractivity contribution in [3.8, 4) is 0 Å². The molecule has 2 aromatic rings. The molecular formula is C16H14ClNO2. The Morgan fingerprint density at radius 2 is 1.80 bits per heavy atom. The summed E-state index contributed by atoms with van der Waals surface area (Å²) >= 11 is 6.00. The summed E-state index contributed by atoms with van der Waals surface area (Å²) in [6.07, 6.45) is 0. The van der Waals surface area contributed by atoms with E-state index in [9.17, 15) is 4.79 Å². The van der Waals surface area contributed by atoms with E-state index in [4.69, 9.17) is 16.7 Å². The van der Waals surface area contributed by atoms with Crippen molar-refractivity contribution in [3.05, 3.63) is 69.7 Å². The number of carbonyl (C=O) groups is 1. The van der Waals surface area contributed by atoms with E-state index in [1.807, 2.05) is 6.07 Å². The van der Waals surface area contributed by atoms with Crippen LogP contribution < -0.4 is 0 Å². The summed E-state index contributed by atoms with van der Waals surface area (Å²) in [6.45, 7) is 2.62. The Morgan fingerprint density at radius 1 is 1.15 bits per heavy atom. The van der Waals surface area contributed by atoms with Gasteiger partial charge < -0.3 is 5.11 Å². The van der Waals surface area contributed by atoms with Crippen LogP contribution in [-0.4, -0.2) is 16.0 Å². The molecule has 0 bridgehead atoms. The van der Waals surface area contributed by atoms with Crippen molar-refractivity contribution in [2.24, 2.45) is 0 Å². The van der Waals surface area contributed by atoms with Crippen LogP contribution >= 0.6 is 11.6 Å². The third kappa shape index (κ3) is 2.55. The van der Waals surface area contributed by atoms with Gasteiger partial charge in [-0.1, -0.05) is 41.9 Å². The molecule has 1 heterocycles. The summed E-state index contributed by atoms with van der Waals surface area (Å²) in [4.78, 5) is 13.2. The summed E-state index contributed by atoms with van der Waals surface area (Å²) in [7, 11) is 0. The highest BCUT2D eigenvalue weighted by molar-refractivity contribution is 6.33. The second-order valence-electron chi connectivity index (χ2n) is 5.03. The maximum atomic E-state index is 10.9. The van der Waals surface area contributed by atoms with Crippen molar-refractivity contribution in [2.45, 2.75) is 19.6 Å². The lowest BCUT2D eigenvalue weighted by Gasteiger charge is -2.15. The predicted octanol–water partition coefficient (Wildman–Crippen LogP) is 3.55. The standard InChI is InChI=1S/C16H14ClNO2/c17-15-7-11(5-6-14(15)16(19)20)8-18-9-12-3-1-2-4-13(12)10-18/h1-7H,8-10H2,(H,19,20). The molecule has 0 spiro atoms. The Labute approximate surface area is 122 Å². The van der Waals surface area contributed by atoms with E-state index in [0.717, 1.165) is 25.2 Å². The van der Waals surface area contributed by atoms with Gasteiger partial charge in [-0.15, -0.1) is 0 Å². The molecule has 0 saturated carbocycles. The number of hydrogen-bond acceptors (Lipinski definition) is 2. The second-order valence-corrected chi connectivity index (χ2v) is 5.44. The van der Waals surface area contributed by atoms with E-state index in [0.29, 0.717) is 5.02 Å². The van der Waals surface area contributed by atoms with Crippen LogP contribution in [0.5, 0.6) is 0 Å². The molecule has 0 amide bonds. The molecule has 0 unspecified atom stereocenters. The van der Waals surface area contributed by atoms with Crippen LogP contribution in [0, 0.1) is 0 Å². The van der Waals surface area contributed by atoms with Crippen LogP contribution in [0.1, 0.15) is 27.0 Å². The molecule has 102 valence electrons. The normalized spacial score (nSPS) is 14.2. The molecule has 0 saturated heterocycles. The van der Waals surface area contributed by atoms with Gasteiger partial charge in [0.15, 0.2) is 0 Å². The Kier molecular flexibility index (Phi) is 3.47. The molecule has 1 N–H and O–H groups in total. The third-order valence-electron chi connectivity index (χ3n) is 3.58. The topological polar surface area (TPSA) is 40.5 Å². The van der Waals surface area contributed by atoms with Crippen molar-refractivity contribution in [1.29, 1.82) is 0 Å². The van der Waals surface area contributed by atoms with Crippen LogP contribution in [-0.2, 0) is 19.6 Å². The number of carboxylic acids is 1. The minimum atomic E-state index is -0.991. The second kappa shape index (κ2) is 5.27. The summed E-state index contributed by atoms with van der Waals surface area (Å²) in [6, 6.07) is 13.6. The zero-order chi connectivity index (χ0) is 14.1. The molecule has 0 aliphatic carbocycles. The monoisotopic (exact) mass is 287 g/mol. The van der Waals surface area contributed by atoms with Crippen molar-refractivity contribution in [2.75, 3.05) is 0 Å². The largest absolute Gasteiger partial charge is 0.478 e. The minimum Gasteiger partial charge on any atom is -0.478 e. The number of halogens is 1. The Hall–Kier alpha value is -1.84. The van der Waals surface area contributed by atoms with Crippen LogP contribution in [0.2, 0.25) is 5.02 Å². The Morgan fingerprint density at radius 3 is 2.35 bits per heavy atom. The van der Waals surface area contributed by atoms with E-state index < -0.39 is 5.97 Å². The zero-order valence-corrected chi connectivity index (χ0v) is 11.6. The lowest BCUT2D eigenvalue weighted by molar-refractivity contribution is 0.0697. The van der Waals surface area contributed by atoms with Gasteiger partial charge in [-0.3, -0.25) is 4.90 Å². The molecule has 3 nitrogen and oxygen atoms in total. The molecule has 20 heavy (non-hydrogen) atoms. The molecule has 0 radical (unpaired) electrons. The number of fused-ring (bicyclic) bond motifs is 1. The number of benzene rings is 2. The van der Waals surface area contributed by atoms with Gasteiger partial charge in [-0.25, -0.2) is 4.79 Å². The average Bonchev–Trinajstić information content (AvgIpc) is 2.80. The molecule has 0 aromatic heterocycles. The highest BCUT2D eigenvalue weighted by Crippen LogP contribution is 2.25. The van der Waals surface area contributed by atoms with Crippen molar-refractivity contribution in [3.63, 3.8) is 0 Å². The fourth-order valence-electron chi connectivity index (χ4n) is 2.60. The predicted molar refractivity (Wildman–Crippen MR) is 77.8 cm³/mol. The van der Waals surface area contributed by atoms with Gasteiger partial charge in [-0.2, -0.15) is 0 Å². The van der Waals surface area contributed by atoms with Crippen molar-refractivity contribution < 1.29 is 9.90 Å². The van der Waals surface area contributed by atoms with Crippen LogP contribution in [0.3, 0.4) is 0 Å². The summed E-state index contributed by atoms with van der Waals surface area (Å²) in [5.41, 5.74) is 3.91. The molecule has 0 fully saturated rings. The maximum Gasteiger partial charge on any atom is 0.337 e. The molecule has 1 aliphatic rings. The number of hydrogen-bond donors (Lipinski definition) is 1. The molecular weight excluding hydrogens is 274 g/mol. The van der Waals surface area contributed by atoms with Gasteiger partial charge in [0.25, 0.3) is 0 Å². The molecule has 2 aromatic carbocycles. The number of rotatable bonds is 3. The van der Waals surface area contributed by atoms with Crippen LogP contribution in [0.4, 0.5) is 0 Å². The fourth-order valence-corrected chi connectivity index (χ4v) is 2.89. The highest BCUT2D eigenvalue weighted by atomic mass is 35.5. The molecule has 4 heteroatoms. The van der Waals surface area contributed by atoms with Crippen molar-refractivity contribution in [1.82, 2.24) is 4.90 Å². The van der Waals surface area contributed by atoms with Gasteiger partial charge in [0.1, 0.15) is 0 Å². The summed E-state index contributed by atoms with van der Waals surface area (Å²) in [5, 5.41) is 9.26. The lowest BCUT2D eigenvalue weighted by Crippen LogP contribution is -2.15. The smallest absolute Gasteiger partial charge is 0.337 e. The SMILES string of the molecule is O=C(O)c1ccc(CN2Cc3ccccc3C2)cc1Cl. The molecule has 0 atom stereocenters. The first-order chi connectivity index (χ1) is 9.63. The molecule has 1 aliphatic heterocycles. The maximum absolute atomic E-state index is 10.9. The number of aromatic carboxylic acids is 1. The first-order valence-corrected chi connectivity index (χ1v) is 6.82. The van der Waals surface area contributed by atoms with E-state index in [1.165, 1.54) is 11.1 Å². The van der Waals surface area contributed by atoms with E-state index >= 15 is 0 Å². The fraction of sp³-hybridized carbons (Fsp3) is 0.188. The van der Waals surface area contributed by atoms with Crippen molar-refractivity contribution >= 4 is 17.6 Å². The summed E-state index contributed by atoms with van der Waals surface area (Å²) < 4.78 is 0.